The summed E-state index contributed by atoms with van der Waals surface area (Å²) in [7, 11) is 1.84. The maximum atomic E-state index is 13.5. The van der Waals surface area contributed by atoms with E-state index in [2.05, 4.69) is 4.98 Å². The van der Waals surface area contributed by atoms with Crippen LogP contribution in [0.4, 0.5) is 4.39 Å². The highest BCUT2D eigenvalue weighted by atomic mass is 19.1. The van der Waals surface area contributed by atoms with Gasteiger partial charge in [-0.3, -0.25) is 9.20 Å². The molecule has 1 amide bonds. The molecule has 0 aromatic carbocycles. The average molecular weight is 289 g/mol. The van der Waals surface area contributed by atoms with Crippen LogP contribution in [0.5, 0.6) is 0 Å². The summed E-state index contributed by atoms with van der Waals surface area (Å²) in [6.07, 6.45) is 7.01. The first kappa shape index (κ1) is 14.0. The largest absolute Gasteiger partial charge is 0.337 e. The van der Waals surface area contributed by atoms with Crippen molar-refractivity contribution in [1.82, 2.24) is 14.3 Å². The third-order valence-corrected chi connectivity index (χ3v) is 4.40. The van der Waals surface area contributed by atoms with E-state index in [-0.39, 0.29) is 17.8 Å². The van der Waals surface area contributed by atoms with E-state index < -0.39 is 0 Å². The number of hydrogen-bond donors (Lipinski definition) is 0. The maximum absolute atomic E-state index is 13.5. The minimum Gasteiger partial charge on any atom is -0.337 e. The van der Waals surface area contributed by atoms with Crippen molar-refractivity contribution in [2.24, 2.45) is 0 Å². The molecule has 5 heteroatoms. The number of rotatable bonds is 2. The summed E-state index contributed by atoms with van der Waals surface area (Å²) in [6, 6.07) is 3.24. The summed E-state index contributed by atoms with van der Waals surface area (Å²) in [6.45, 7) is 1.80. The first-order chi connectivity index (χ1) is 10.1. The molecule has 1 aliphatic rings. The molecule has 1 fully saturated rings. The van der Waals surface area contributed by atoms with Crippen molar-refractivity contribution in [3.05, 3.63) is 35.5 Å². The number of halogens is 1. The zero-order valence-corrected chi connectivity index (χ0v) is 12.5. The Hall–Kier alpha value is -1.91. The van der Waals surface area contributed by atoms with E-state index in [1.54, 1.807) is 22.3 Å². The molecule has 0 aliphatic heterocycles. The molecule has 0 unspecified atom stereocenters. The summed E-state index contributed by atoms with van der Waals surface area (Å²) in [5.74, 6) is -0.438. The van der Waals surface area contributed by atoms with Crippen molar-refractivity contribution in [1.29, 1.82) is 0 Å². The lowest BCUT2D eigenvalue weighted by atomic mass is 9.94. The Morgan fingerprint density at radius 1 is 1.33 bits per heavy atom. The van der Waals surface area contributed by atoms with Crippen LogP contribution in [-0.4, -0.2) is 33.3 Å². The molecule has 4 nitrogen and oxygen atoms in total. The van der Waals surface area contributed by atoms with Gasteiger partial charge in [0.1, 0.15) is 17.2 Å². The zero-order valence-electron chi connectivity index (χ0n) is 12.5. The fourth-order valence-electron chi connectivity index (χ4n) is 3.20. The van der Waals surface area contributed by atoms with E-state index >= 15 is 0 Å². The molecule has 2 aromatic heterocycles. The molecule has 0 spiro atoms. The van der Waals surface area contributed by atoms with Gasteiger partial charge in [-0.05, 0) is 31.9 Å². The Balaban J connectivity index is 1.96. The van der Waals surface area contributed by atoms with Crippen LogP contribution in [0.3, 0.4) is 0 Å². The molecular weight excluding hydrogens is 269 g/mol. The number of nitrogens with zero attached hydrogens (tertiary/aromatic N) is 3. The minimum absolute atomic E-state index is 0.0718. The number of carbonyl (C=O) groups is 1. The van der Waals surface area contributed by atoms with Crippen LogP contribution in [0.25, 0.3) is 5.65 Å². The topological polar surface area (TPSA) is 37.6 Å². The number of hydrogen-bond acceptors (Lipinski definition) is 2. The van der Waals surface area contributed by atoms with Crippen molar-refractivity contribution in [3.63, 3.8) is 0 Å². The van der Waals surface area contributed by atoms with Crippen molar-refractivity contribution in [3.8, 4) is 0 Å². The van der Waals surface area contributed by atoms with Gasteiger partial charge in [0, 0.05) is 19.3 Å². The Morgan fingerprint density at radius 2 is 2.05 bits per heavy atom. The van der Waals surface area contributed by atoms with Crippen LogP contribution in [0.1, 0.15) is 48.3 Å². The summed E-state index contributed by atoms with van der Waals surface area (Å²) in [4.78, 5) is 19.0. The van der Waals surface area contributed by atoms with Gasteiger partial charge in [-0.15, -0.1) is 0 Å². The second kappa shape index (κ2) is 5.47. The van der Waals surface area contributed by atoms with Crippen molar-refractivity contribution in [2.45, 2.75) is 45.1 Å². The molecule has 21 heavy (non-hydrogen) atoms. The quantitative estimate of drug-likeness (QED) is 0.851. The number of aryl methyl sites for hydroxylation is 1. The lowest BCUT2D eigenvalue weighted by molar-refractivity contribution is 0.0688. The third-order valence-electron chi connectivity index (χ3n) is 4.40. The van der Waals surface area contributed by atoms with Crippen LogP contribution in [0.2, 0.25) is 0 Å². The van der Waals surface area contributed by atoms with Gasteiger partial charge in [0.05, 0.1) is 5.69 Å². The fraction of sp³-hybridized carbons (Fsp3) is 0.500. The third kappa shape index (κ3) is 2.52. The lowest BCUT2D eigenvalue weighted by Gasteiger charge is -2.31. The maximum Gasteiger partial charge on any atom is 0.272 e. The van der Waals surface area contributed by atoms with E-state index in [9.17, 15) is 9.18 Å². The van der Waals surface area contributed by atoms with E-state index in [0.29, 0.717) is 17.0 Å². The fourth-order valence-corrected chi connectivity index (χ4v) is 3.20. The van der Waals surface area contributed by atoms with Crippen molar-refractivity contribution >= 4 is 11.6 Å². The minimum atomic E-state index is -0.366. The summed E-state index contributed by atoms with van der Waals surface area (Å²) >= 11 is 0. The number of aromatic nitrogens is 2. The van der Waals surface area contributed by atoms with Crippen molar-refractivity contribution in [2.75, 3.05) is 7.05 Å². The molecule has 2 heterocycles. The molecule has 0 atom stereocenters. The van der Waals surface area contributed by atoms with Gasteiger partial charge in [-0.1, -0.05) is 19.3 Å². The molecule has 1 saturated carbocycles. The van der Waals surface area contributed by atoms with E-state index in [1.165, 1.54) is 31.5 Å². The van der Waals surface area contributed by atoms with Gasteiger partial charge in [0.2, 0.25) is 0 Å². The summed E-state index contributed by atoms with van der Waals surface area (Å²) in [5, 5.41) is 0. The van der Waals surface area contributed by atoms with Gasteiger partial charge in [0.15, 0.2) is 0 Å². The highest BCUT2D eigenvalue weighted by Crippen LogP contribution is 2.24. The SMILES string of the molecule is Cc1nc2ccc(F)cn2c1C(=O)N(C)C1CCCCC1. The molecule has 0 bridgehead atoms. The smallest absolute Gasteiger partial charge is 0.272 e. The Kier molecular flexibility index (Phi) is 3.66. The predicted octanol–water partition coefficient (Wildman–Crippen LogP) is 3.19. The zero-order chi connectivity index (χ0) is 15.0. The predicted molar refractivity (Wildman–Crippen MR) is 78.9 cm³/mol. The second-order valence-corrected chi connectivity index (χ2v) is 5.83. The molecule has 0 radical (unpaired) electrons. The van der Waals surface area contributed by atoms with Crippen LogP contribution in [0.15, 0.2) is 18.3 Å². The number of amides is 1. The van der Waals surface area contributed by atoms with Gasteiger partial charge in [0.25, 0.3) is 5.91 Å². The average Bonchev–Trinajstić information content (AvgIpc) is 2.82. The number of pyridine rings is 1. The van der Waals surface area contributed by atoms with Gasteiger partial charge < -0.3 is 4.90 Å². The standard InChI is InChI=1S/C16H20FN3O/c1-11-15(20-10-12(17)8-9-14(20)18-11)16(21)19(2)13-6-4-3-5-7-13/h8-10,13H,3-7H2,1-2H3. The first-order valence-electron chi connectivity index (χ1n) is 7.49. The molecule has 2 aromatic rings. The highest BCUT2D eigenvalue weighted by molar-refractivity contribution is 5.94. The highest BCUT2D eigenvalue weighted by Gasteiger charge is 2.26. The van der Waals surface area contributed by atoms with Gasteiger partial charge in [-0.25, -0.2) is 9.37 Å². The molecule has 3 rings (SSSR count). The summed E-state index contributed by atoms with van der Waals surface area (Å²) in [5.41, 5.74) is 1.72. The summed E-state index contributed by atoms with van der Waals surface area (Å²) < 4.78 is 15.0. The Morgan fingerprint density at radius 3 is 2.76 bits per heavy atom. The molecule has 0 N–H and O–H groups in total. The van der Waals surface area contributed by atoms with Crippen LogP contribution >= 0.6 is 0 Å². The lowest BCUT2D eigenvalue weighted by Crippen LogP contribution is -2.39. The van der Waals surface area contributed by atoms with Crippen molar-refractivity contribution < 1.29 is 9.18 Å². The number of fused-ring (bicyclic) bond motifs is 1. The number of carbonyl (C=O) groups excluding carboxylic acids is 1. The Bertz CT molecular complexity index is 673. The number of imidazole rings is 1. The normalized spacial score (nSPS) is 16.3. The molecule has 1 aliphatic carbocycles. The van der Waals surface area contributed by atoms with E-state index in [0.717, 1.165) is 12.8 Å². The monoisotopic (exact) mass is 289 g/mol. The van der Waals surface area contributed by atoms with Crippen LogP contribution in [0, 0.1) is 12.7 Å². The molecule has 0 saturated heterocycles. The van der Waals surface area contributed by atoms with E-state index in [4.69, 9.17) is 0 Å². The van der Waals surface area contributed by atoms with Crippen LogP contribution < -0.4 is 0 Å². The van der Waals surface area contributed by atoms with E-state index in [1.807, 2.05) is 7.05 Å². The van der Waals surface area contributed by atoms with Crippen LogP contribution in [-0.2, 0) is 0 Å². The Labute approximate surface area is 123 Å². The first-order valence-corrected chi connectivity index (χ1v) is 7.49. The van der Waals surface area contributed by atoms with Gasteiger partial charge in [-0.2, -0.15) is 0 Å². The molecular formula is C16H20FN3O. The second-order valence-electron chi connectivity index (χ2n) is 5.83. The van der Waals surface area contributed by atoms with Gasteiger partial charge >= 0.3 is 0 Å². The molecule has 112 valence electrons.